The van der Waals surface area contributed by atoms with Crippen molar-refractivity contribution in [3.05, 3.63) is 122 Å². The van der Waals surface area contributed by atoms with Crippen molar-refractivity contribution in [2.45, 2.75) is 264 Å². The zero-order valence-electron chi connectivity index (χ0n) is 50.5. The maximum absolute atomic E-state index is 12.9. The van der Waals surface area contributed by atoms with Crippen LogP contribution in [0.15, 0.2) is 122 Å². The molecule has 0 aliphatic heterocycles. The fourth-order valence-corrected chi connectivity index (χ4v) is 8.98. The Bertz CT molecular complexity index is 1800. The standard InChI is InChI=1S/C68H113O11P/c1-4-7-10-13-16-19-22-25-28-30-32-34-37-40-43-46-49-52-55-58-67(71)78-64(60-69)62-76-80(73,74)77-63-65(61-75-66(70)57-54-51-48-45-42-39-36-27-24-21-18-15-12-9-6-3)79-68(72)59-56-53-50-47-44-41-38-35-33-31-29-26-23-20-17-14-11-8-5-2/h7-8,10-11,16-17,19-20,25-26,28-29,32-35,41,44,50,53,64-65,69H,4-6,9,12-15,18,21-24,27,30-31,36-40,42-43,45-49,51-52,54-63H2,1-3H3,(H,73,74)/b10-7-,11-8-,19-16-,20-17-,28-25-,29-26-,34-32-,35-33-,44-41-,53-50-. The third kappa shape index (κ3) is 58.5. The molecule has 2 N–H and O–H groups in total. The van der Waals surface area contributed by atoms with Gasteiger partial charge < -0.3 is 24.2 Å². The largest absolute Gasteiger partial charge is 0.472 e. The van der Waals surface area contributed by atoms with Crippen molar-refractivity contribution in [3.8, 4) is 0 Å². The van der Waals surface area contributed by atoms with Gasteiger partial charge >= 0.3 is 25.7 Å². The summed E-state index contributed by atoms with van der Waals surface area (Å²) in [4.78, 5) is 48.7. The van der Waals surface area contributed by atoms with E-state index in [0.717, 1.165) is 116 Å². The van der Waals surface area contributed by atoms with Crippen LogP contribution >= 0.6 is 7.82 Å². The summed E-state index contributed by atoms with van der Waals surface area (Å²) < 4.78 is 39.6. The van der Waals surface area contributed by atoms with Crippen molar-refractivity contribution in [1.29, 1.82) is 0 Å². The van der Waals surface area contributed by atoms with Crippen molar-refractivity contribution in [3.63, 3.8) is 0 Å². The van der Waals surface area contributed by atoms with E-state index in [-0.39, 0.29) is 25.9 Å². The van der Waals surface area contributed by atoms with Crippen molar-refractivity contribution < 1.29 is 52.2 Å². The molecular weight excluding hydrogens is 1020 g/mol. The van der Waals surface area contributed by atoms with E-state index >= 15 is 0 Å². The Morgan fingerprint density at radius 2 is 0.675 bits per heavy atom. The Morgan fingerprint density at radius 1 is 0.362 bits per heavy atom. The molecule has 0 saturated heterocycles. The number of esters is 3. The van der Waals surface area contributed by atoms with Gasteiger partial charge in [0, 0.05) is 19.3 Å². The summed E-state index contributed by atoms with van der Waals surface area (Å²) in [6.07, 6.45) is 75.9. The molecule has 11 nitrogen and oxygen atoms in total. The average molecular weight is 1140 g/mol. The molecule has 0 radical (unpaired) electrons. The van der Waals surface area contributed by atoms with Crippen LogP contribution in [-0.2, 0) is 42.2 Å². The second-order valence-corrected chi connectivity index (χ2v) is 21.9. The number of aliphatic hydroxyl groups excluding tert-OH is 1. The quantitative estimate of drug-likeness (QED) is 0.0197. The highest BCUT2D eigenvalue weighted by molar-refractivity contribution is 7.47. The molecule has 0 rings (SSSR count). The Labute approximate surface area is 487 Å². The van der Waals surface area contributed by atoms with Crippen LogP contribution in [0.25, 0.3) is 0 Å². The van der Waals surface area contributed by atoms with Crippen LogP contribution in [0.2, 0.25) is 0 Å². The number of hydrogen-bond acceptors (Lipinski definition) is 10. The molecule has 0 fully saturated rings. The molecule has 0 heterocycles. The summed E-state index contributed by atoms with van der Waals surface area (Å²) in [5.74, 6) is -1.58. The fourth-order valence-electron chi connectivity index (χ4n) is 8.20. The van der Waals surface area contributed by atoms with E-state index in [9.17, 15) is 28.9 Å². The van der Waals surface area contributed by atoms with Gasteiger partial charge in [0.2, 0.25) is 0 Å². The van der Waals surface area contributed by atoms with Crippen LogP contribution in [0.5, 0.6) is 0 Å². The summed E-state index contributed by atoms with van der Waals surface area (Å²) >= 11 is 0. The zero-order chi connectivity index (χ0) is 58.3. The lowest BCUT2D eigenvalue weighted by atomic mass is 10.0. The molecule has 0 aliphatic carbocycles. The first-order valence-electron chi connectivity index (χ1n) is 31.4. The van der Waals surface area contributed by atoms with Gasteiger partial charge in [-0.3, -0.25) is 23.4 Å². The number of aliphatic hydroxyl groups is 1. The first-order valence-corrected chi connectivity index (χ1v) is 32.9. The molecule has 456 valence electrons. The number of carbonyl (C=O) groups is 3. The second-order valence-electron chi connectivity index (χ2n) is 20.5. The summed E-state index contributed by atoms with van der Waals surface area (Å²) in [5, 5.41) is 9.85. The lowest BCUT2D eigenvalue weighted by Crippen LogP contribution is -2.30. The van der Waals surface area contributed by atoms with E-state index in [1.807, 2.05) is 12.2 Å². The highest BCUT2D eigenvalue weighted by Gasteiger charge is 2.28. The third-order valence-corrected chi connectivity index (χ3v) is 13.8. The van der Waals surface area contributed by atoms with Crippen LogP contribution in [0.1, 0.15) is 252 Å². The number of ether oxygens (including phenoxy) is 3. The predicted octanol–water partition coefficient (Wildman–Crippen LogP) is 19.1. The average Bonchev–Trinajstić information content (AvgIpc) is 3.45. The van der Waals surface area contributed by atoms with Crippen molar-refractivity contribution in [2.75, 3.05) is 26.4 Å². The van der Waals surface area contributed by atoms with E-state index in [0.29, 0.717) is 25.7 Å². The van der Waals surface area contributed by atoms with Crippen LogP contribution in [-0.4, -0.2) is 66.5 Å². The molecule has 0 aromatic rings. The molecule has 3 atom stereocenters. The second kappa shape index (κ2) is 61.0. The normalized spacial score (nSPS) is 14.1. The van der Waals surface area contributed by atoms with Crippen LogP contribution in [0.3, 0.4) is 0 Å². The smallest absolute Gasteiger partial charge is 0.462 e. The predicted molar refractivity (Wildman–Crippen MR) is 334 cm³/mol. The molecule has 0 aliphatic rings. The first-order chi connectivity index (χ1) is 39.2. The number of phosphoric ester groups is 1. The molecule has 12 heteroatoms. The molecule has 0 aromatic carbocycles. The minimum atomic E-state index is -4.78. The van der Waals surface area contributed by atoms with Crippen molar-refractivity contribution in [2.24, 2.45) is 0 Å². The van der Waals surface area contributed by atoms with E-state index in [1.54, 1.807) is 0 Å². The topological polar surface area (TPSA) is 155 Å². The molecule has 0 saturated carbocycles. The van der Waals surface area contributed by atoms with Crippen molar-refractivity contribution in [1.82, 2.24) is 0 Å². The van der Waals surface area contributed by atoms with Crippen LogP contribution < -0.4 is 0 Å². The van der Waals surface area contributed by atoms with Crippen LogP contribution in [0, 0.1) is 0 Å². The number of allylic oxidation sites excluding steroid dienone is 20. The van der Waals surface area contributed by atoms with Gasteiger partial charge in [-0.25, -0.2) is 4.57 Å². The SMILES string of the molecule is CC/C=C\C/C=C\C/C=C\C/C=C\C/C=C\C/C=C\CCC(=O)OC(COC(=O)CCCCCCCCCCCCCCCCC)COP(=O)(O)OCC(CO)OC(=O)CCCCCCCC/C=C\C/C=C\C/C=C\C/C=C\CC. The first kappa shape index (κ1) is 75.9. The van der Waals surface area contributed by atoms with E-state index in [2.05, 4.69) is 130 Å². The molecule has 0 aromatic heterocycles. The van der Waals surface area contributed by atoms with Gasteiger partial charge in [-0.2, -0.15) is 0 Å². The highest BCUT2D eigenvalue weighted by atomic mass is 31.2. The summed E-state index contributed by atoms with van der Waals surface area (Å²) in [7, 11) is -4.78. The Hall–Kier alpha value is -4.12. The van der Waals surface area contributed by atoms with Gasteiger partial charge in [-0.05, 0) is 96.3 Å². The molecule has 0 bridgehead atoms. The third-order valence-electron chi connectivity index (χ3n) is 12.9. The monoisotopic (exact) mass is 1140 g/mol. The van der Waals surface area contributed by atoms with Gasteiger partial charge in [0.05, 0.1) is 19.8 Å². The number of hydrogen-bond donors (Lipinski definition) is 2. The van der Waals surface area contributed by atoms with E-state index < -0.39 is 57.8 Å². The lowest BCUT2D eigenvalue weighted by Gasteiger charge is -2.21. The van der Waals surface area contributed by atoms with Gasteiger partial charge in [-0.15, -0.1) is 0 Å². The fraction of sp³-hybridized carbons (Fsp3) is 0.662. The van der Waals surface area contributed by atoms with Crippen LogP contribution in [0.4, 0.5) is 0 Å². The lowest BCUT2D eigenvalue weighted by molar-refractivity contribution is -0.161. The molecule has 3 unspecified atom stereocenters. The molecule has 0 spiro atoms. The molecule has 0 amide bonds. The van der Waals surface area contributed by atoms with Gasteiger partial charge in [0.15, 0.2) is 6.10 Å². The number of unbranched alkanes of at least 4 members (excludes halogenated alkanes) is 20. The maximum Gasteiger partial charge on any atom is 0.472 e. The summed E-state index contributed by atoms with van der Waals surface area (Å²) in [5.41, 5.74) is 0. The Morgan fingerprint density at radius 3 is 1.07 bits per heavy atom. The highest BCUT2D eigenvalue weighted by Crippen LogP contribution is 2.43. The van der Waals surface area contributed by atoms with E-state index in [4.69, 9.17) is 23.3 Å². The number of rotatable bonds is 57. The minimum Gasteiger partial charge on any atom is -0.462 e. The Kier molecular flexibility index (Phi) is 57.8. The number of phosphoric acid groups is 1. The maximum atomic E-state index is 12.9. The summed E-state index contributed by atoms with van der Waals surface area (Å²) in [6.45, 7) is 4.34. The van der Waals surface area contributed by atoms with E-state index in [1.165, 1.54) is 70.6 Å². The molecule has 80 heavy (non-hydrogen) atoms. The number of carbonyl (C=O) groups excluding carboxylic acids is 3. The van der Waals surface area contributed by atoms with Gasteiger partial charge in [0.25, 0.3) is 0 Å². The Balaban J connectivity index is 4.81. The molecular formula is C68H113O11P. The summed E-state index contributed by atoms with van der Waals surface area (Å²) in [6, 6.07) is 0. The minimum absolute atomic E-state index is 0.0375. The zero-order valence-corrected chi connectivity index (χ0v) is 51.4. The van der Waals surface area contributed by atoms with Crippen molar-refractivity contribution >= 4 is 25.7 Å². The van der Waals surface area contributed by atoms with Gasteiger partial charge in [-0.1, -0.05) is 258 Å². The van der Waals surface area contributed by atoms with Gasteiger partial charge in [0.1, 0.15) is 12.7 Å².